The number of rotatable bonds is 4. The van der Waals surface area contributed by atoms with Crippen LogP contribution in [-0.2, 0) is 9.59 Å². The van der Waals surface area contributed by atoms with Crippen LogP contribution in [0, 0.1) is 0 Å². The van der Waals surface area contributed by atoms with Gasteiger partial charge in [-0.05, 0) is 50.1 Å². The molecule has 2 amide bonds. The first-order valence-corrected chi connectivity index (χ1v) is 6.48. The maximum absolute atomic E-state index is 11.5. The van der Waals surface area contributed by atoms with E-state index < -0.39 is 0 Å². The SMILES string of the molecule is CC(C)NSc1ccc(N2C(=O)C=CC2=O)cc1. The number of nitrogens with one attached hydrogen (secondary N) is 1. The molecule has 1 N–H and O–H groups in total. The molecule has 94 valence electrons. The minimum atomic E-state index is -0.291. The molecule has 1 heterocycles. The third kappa shape index (κ3) is 2.80. The van der Waals surface area contributed by atoms with Crippen molar-refractivity contribution in [1.29, 1.82) is 0 Å². The topological polar surface area (TPSA) is 49.4 Å². The van der Waals surface area contributed by atoms with Gasteiger partial charge in [-0.15, -0.1) is 0 Å². The fourth-order valence-electron chi connectivity index (χ4n) is 1.50. The van der Waals surface area contributed by atoms with Crippen molar-refractivity contribution in [3.63, 3.8) is 0 Å². The third-order valence-corrected chi connectivity index (χ3v) is 3.41. The Morgan fingerprint density at radius 1 is 1.06 bits per heavy atom. The molecule has 1 aliphatic rings. The molecular formula is C13H14N2O2S. The molecule has 1 aromatic rings. The number of imide groups is 1. The van der Waals surface area contributed by atoms with Crippen LogP contribution >= 0.6 is 11.9 Å². The molecule has 0 bridgehead atoms. The predicted molar refractivity (Wildman–Crippen MR) is 72.2 cm³/mol. The zero-order chi connectivity index (χ0) is 13.1. The minimum absolute atomic E-state index is 0.291. The molecule has 1 aliphatic heterocycles. The summed E-state index contributed by atoms with van der Waals surface area (Å²) in [7, 11) is 0. The second-order valence-corrected chi connectivity index (χ2v) is 5.12. The van der Waals surface area contributed by atoms with E-state index >= 15 is 0 Å². The lowest BCUT2D eigenvalue weighted by Crippen LogP contribution is -2.29. The molecule has 4 nitrogen and oxygen atoms in total. The van der Waals surface area contributed by atoms with Crippen molar-refractivity contribution in [1.82, 2.24) is 4.72 Å². The zero-order valence-electron chi connectivity index (χ0n) is 10.2. The van der Waals surface area contributed by atoms with Gasteiger partial charge in [0.1, 0.15) is 0 Å². The van der Waals surface area contributed by atoms with Gasteiger partial charge in [0.25, 0.3) is 11.8 Å². The van der Waals surface area contributed by atoms with Crippen molar-refractivity contribution in [3.8, 4) is 0 Å². The van der Waals surface area contributed by atoms with Crippen LogP contribution in [0.15, 0.2) is 41.3 Å². The van der Waals surface area contributed by atoms with E-state index in [0.29, 0.717) is 11.7 Å². The van der Waals surface area contributed by atoms with Crippen molar-refractivity contribution in [2.24, 2.45) is 0 Å². The molecular weight excluding hydrogens is 248 g/mol. The van der Waals surface area contributed by atoms with Crippen LogP contribution in [0.1, 0.15) is 13.8 Å². The summed E-state index contributed by atoms with van der Waals surface area (Å²) >= 11 is 1.53. The molecule has 5 heteroatoms. The van der Waals surface area contributed by atoms with Crippen LogP contribution in [0.2, 0.25) is 0 Å². The van der Waals surface area contributed by atoms with E-state index in [1.54, 1.807) is 12.1 Å². The van der Waals surface area contributed by atoms with Gasteiger partial charge in [-0.1, -0.05) is 0 Å². The first kappa shape index (κ1) is 12.9. The third-order valence-electron chi connectivity index (χ3n) is 2.32. The Hall–Kier alpha value is -1.59. The van der Waals surface area contributed by atoms with Crippen molar-refractivity contribution in [3.05, 3.63) is 36.4 Å². The molecule has 0 atom stereocenters. The Labute approximate surface area is 110 Å². The maximum atomic E-state index is 11.5. The molecule has 18 heavy (non-hydrogen) atoms. The van der Waals surface area contributed by atoms with Crippen molar-refractivity contribution < 1.29 is 9.59 Å². The summed E-state index contributed by atoms with van der Waals surface area (Å²) in [4.78, 5) is 25.2. The second kappa shape index (κ2) is 5.37. The van der Waals surface area contributed by atoms with E-state index in [1.165, 1.54) is 24.1 Å². The summed E-state index contributed by atoms with van der Waals surface area (Å²) in [6, 6.07) is 7.70. The van der Waals surface area contributed by atoms with Gasteiger partial charge in [-0.2, -0.15) is 0 Å². The number of anilines is 1. The van der Waals surface area contributed by atoms with Gasteiger partial charge in [0.05, 0.1) is 5.69 Å². The molecule has 0 saturated heterocycles. The Balaban J connectivity index is 2.08. The van der Waals surface area contributed by atoms with E-state index in [2.05, 4.69) is 18.6 Å². The van der Waals surface area contributed by atoms with Crippen LogP contribution < -0.4 is 9.62 Å². The van der Waals surface area contributed by atoms with Crippen molar-refractivity contribution in [2.75, 3.05) is 4.90 Å². The number of nitrogens with zero attached hydrogens (tertiary/aromatic N) is 1. The standard InChI is InChI=1S/C13H14N2O2S/c1-9(2)14-18-11-5-3-10(4-6-11)15-12(16)7-8-13(15)17/h3-9,14H,1-2H3. The highest BCUT2D eigenvalue weighted by molar-refractivity contribution is 7.97. The normalized spacial score (nSPS) is 14.9. The Morgan fingerprint density at radius 2 is 1.61 bits per heavy atom. The molecule has 0 aliphatic carbocycles. The minimum Gasteiger partial charge on any atom is -0.269 e. The lowest BCUT2D eigenvalue weighted by Gasteiger charge is -2.14. The number of hydrogen-bond donors (Lipinski definition) is 1. The van der Waals surface area contributed by atoms with Gasteiger partial charge in [0.2, 0.25) is 0 Å². The number of carbonyl (C=O) groups is 2. The second-order valence-electron chi connectivity index (χ2n) is 4.21. The van der Waals surface area contributed by atoms with E-state index in [9.17, 15) is 9.59 Å². The fraction of sp³-hybridized carbons (Fsp3) is 0.231. The van der Waals surface area contributed by atoms with Gasteiger partial charge in [0, 0.05) is 23.1 Å². The molecule has 0 aromatic heterocycles. The predicted octanol–water partition coefficient (Wildman–Crippen LogP) is 2.12. The van der Waals surface area contributed by atoms with Crippen molar-refractivity contribution >= 4 is 29.4 Å². The van der Waals surface area contributed by atoms with E-state index in [1.807, 2.05) is 12.1 Å². The molecule has 2 rings (SSSR count). The number of benzene rings is 1. The van der Waals surface area contributed by atoms with Gasteiger partial charge >= 0.3 is 0 Å². The average molecular weight is 262 g/mol. The molecule has 0 spiro atoms. The molecule has 0 unspecified atom stereocenters. The number of amides is 2. The van der Waals surface area contributed by atoms with Crippen LogP contribution in [0.5, 0.6) is 0 Å². The summed E-state index contributed by atoms with van der Waals surface area (Å²) < 4.78 is 3.23. The summed E-state index contributed by atoms with van der Waals surface area (Å²) in [5.41, 5.74) is 0.601. The van der Waals surface area contributed by atoms with Crippen LogP contribution in [0.25, 0.3) is 0 Å². The largest absolute Gasteiger partial charge is 0.269 e. The van der Waals surface area contributed by atoms with E-state index in [-0.39, 0.29) is 11.8 Å². The molecule has 0 saturated carbocycles. The summed E-state index contributed by atoms with van der Waals surface area (Å²) in [5, 5.41) is 0. The average Bonchev–Trinajstić information content (AvgIpc) is 2.67. The highest BCUT2D eigenvalue weighted by Crippen LogP contribution is 2.23. The number of carbonyl (C=O) groups excluding carboxylic acids is 2. The molecule has 0 fully saturated rings. The van der Waals surface area contributed by atoms with Gasteiger partial charge in [-0.3, -0.25) is 14.3 Å². The van der Waals surface area contributed by atoms with E-state index in [4.69, 9.17) is 0 Å². The Kier molecular flexibility index (Phi) is 3.84. The first-order chi connectivity index (χ1) is 8.58. The lowest BCUT2D eigenvalue weighted by atomic mass is 10.3. The van der Waals surface area contributed by atoms with Gasteiger partial charge < -0.3 is 0 Å². The summed E-state index contributed by atoms with van der Waals surface area (Å²) in [6.45, 7) is 4.13. The van der Waals surface area contributed by atoms with E-state index in [0.717, 1.165) is 9.80 Å². The molecule has 0 radical (unpaired) electrons. The highest BCUT2D eigenvalue weighted by Gasteiger charge is 2.24. The quantitative estimate of drug-likeness (QED) is 0.667. The molecule has 1 aromatic carbocycles. The van der Waals surface area contributed by atoms with Gasteiger partial charge in [0.15, 0.2) is 0 Å². The van der Waals surface area contributed by atoms with Crippen molar-refractivity contribution in [2.45, 2.75) is 24.8 Å². The smallest absolute Gasteiger partial charge is 0.258 e. The summed E-state index contributed by atoms with van der Waals surface area (Å²) in [5.74, 6) is -0.582. The Bertz CT molecular complexity index is 476. The van der Waals surface area contributed by atoms with Crippen LogP contribution in [-0.4, -0.2) is 17.9 Å². The zero-order valence-corrected chi connectivity index (χ0v) is 11.0. The maximum Gasteiger partial charge on any atom is 0.258 e. The van der Waals surface area contributed by atoms with Crippen LogP contribution in [0.4, 0.5) is 5.69 Å². The van der Waals surface area contributed by atoms with Crippen LogP contribution in [0.3, 0.4) is 0 Å². The monoisotopic (exact) mass is 262 g/mol. The van der Waals surface area contributed by atoms with Gasteiger partial charge in [-0.25, -0.2) is 4.90 Å². The summed E-state index contributed by atoms with van der Waals surface area (Å²) in [6.07, 6.45) is 2.57. The first-order valence-electron chi connectivity index (χ1n) is 5.66. The fourth-order valence-corrected chi connectivity index (χ4v) is 2.15. The highest BCUT2D eigenvalue weighted by atomic mass is 32.2. The Morgan fingerprint density at radius 3 is 2.11 bits per heavy atom. The number of hydrogen-bond acceptors (Lipinski definition) is 4. The lowest BCUT2D eigenvalue weighted by molar-refractivity contribution is -0.119.